The van der Waals surface area contributed by atoms with Crippen LogP contribution in [-0.2, 0) is 4.74 Å². The summed E-state index contributed by atoms with van der Waals surface area (Å²) in [5.41, 5.74) is 2.32. The van der Waals surface area contributed by atoms with Gasteiger partial charge < -0.3 is 14.5 Å². The summed E-state index contributed by atoms with van der Waals surface area (Å²) in [6.07, 6.45) is 2.82. The first kappa shape index (κ1) is 14.1. The SMILES string of the molecule is C=CC1=C(C)CN(C(=O)N2CCOCC2(C)C)CC1. The molecule has 2 amide bonds. The fraction of sp³-hybridized carbons (Fsp3) is 0.667. The van der Waals surface area contributed by atoms with Crippen LogP contribution in [-0.4, -0.2) is 54.2 Å². The number of hydrogen-bond donors (Lipinski definition) is 0. The minimum absolute atomic E-state index is 0.135. The normalized spacial score (nSPS) is 23.5. The van der Waals surface area contributed by atoms with Gasteiger partial charge in [-0.25, -0.2) is 4.79 Å². The molecule has 0 saturated carbocycles. The number of carbonyl (C=O) groups excluding carboxylic acids is 1. The maximum atomic E-state index is 12.7. The van der Waals surface area contributed by atoms with Crippen molar-refractivity contribution in [1.29, 1.82) is 0 Å². The molecule has 4 nitrogen and oxygen atoms in total. The van der Waals surface area contributed by atoms with E-state index in [1.807, 2.05) is 15.9 Å². The molecule has 2 aliphatic rings. The second-order valence-corrected chi connectivity index (χ2v) is 5.98. The first-order valence-electron chi connectivity index (χ1n) is 6.91. The van der Waals surface area contributed by atoms with E-state index >= 15 is 0 Å². The van der Waals surface area contributed by atoms with Gasteiger partial charge in [0.15, 0.2) is 0 Å². The van der Waals surface area contributed by atoms with Crippen LogP contribution in [0.2, 0.25) is 0 Å². The zero-order valence-electron chi connectivity index (χ0n) is 12.2. The molecular formula is C15H24N2O2. The molecule has 1 fully saturated rings. The molecule has 0 N–H and O–H groups in total. The number of allylic oxidation sites excluding steroid dienone is 1. The third-order valence-electron chi connectivity index (χ3n) is 4.02. The molecule has 0 bridgehead atoms. The maximum absolute atomic E-state index is 12.7. The van der Waals surface area contributed by atoms with Crippen LogP contribution in [0.4, 0.5) is 4.79 Å². The van der Waals surface area contributed by atoms with Crippen molar-refractivity contribution in [2.45, 2.75) is 32.7 Å². The average molecular weight is 264 g/mol. The fourth-order valence-corrected chi connectivity index (χ4v) is 2.76. The fourth-order valence-electron chi connectivity index (χ4n) is 2.76. The zero-order chi connectivity index (χ0) is 14.0. The number of hydrogen-bond acceptors (Lipinski definition) is 2. The Morgan fingerprint density at radius 1 is 1.42 bits per heavy atom. The lowest BCUT2D eigenvalue weighted by atomic mass is 10.0. The van der Waals surface area contributed by atoms with Gasteiger partial charge in [-0.1, -0.05) is 18.2 Å². The molecule has 0 aromatic carbocycles. The lowest BCUT2D eigenvalue weighted by molar-refractivity contribution is -0.0348. The molecule has 2 rings (SSSR count). The second kappa shape index (κ2) is 5.37. The number of rotatable bonds is 1. The van der Waals surface area contributed by atoms with Gasteiger partial charge in [-0.3, -0.25) is 0 Å². The van der Waals surface area contributed by atoms with E-state index in [4.69, 9.17) is 4.74 Å². The van der Waals surface area contributed by atoms with Gasteiger partial charge >= 0.3 is 6.03 Å². The molecule has 2 heterocycles. The predicted molar refractivity (Wildman–Crippen MR) is 76.1 cm³/mol. The Bertz CT molecular complexity index is 412. The second-order valence-electron chi connectivity index (χ2n) is 5.98. The van der Waals surface area contributed by atoms with Crippen LogP contribution < -0.4 is 0 Å². The van der Waals surface area contributed by atoms with Crippen LogP contribution >= 0.6 is 0 Å². The Morgan fingerprint density at radius 3 is 2.74 bits per heavy atom. The summed E-state index contributed by atoms with van der Waals surface area (Å²) in [7, 11) is 0. The molecule has 0 unspecified atom stereocenters. The van der Waals surface area contributed by atoms with E-state index in [2.05, 4.69) is 27.4 Å². The standard InChI is InChI=1S/C15H24N2O2/c1-5-13-6-7-16(10-12(13)2)14(18)17-8-9-19-11-15(17,3)4/h5H,1,6-11H2,2-4H3. The predicted octanol–water partition coefficient (Wildman–Crippen LogP) is 2.43. The Morgan fingerprint density at radius 2 is 2.16 bits per heavy atom. The van der Waals surface area contributed by atoms with Crippen molar-refractivity contribution in [1.82, 2.24) is 9.80 Å². The Balaban J connectivity index is 2.09. The molecular weight excluding hydrogens is 240 g/mol. The van der Waals surface area contributed by atoms with Gasteiger partial charge in [0.25, 0.3) is 0 Å². The summed E-state index contributed by atoms with van der Waals surface area (Å²) < 4.78 is 5.47. The molecule has 1 saturated heterocycles. The number of ether oxygens (including phenoxy) is 1. The van der Waals surface area contributed by atoms with E-state index in [0.29, 0.717) is 26.3 Å². The molecule has 19 heavy (non-hydrogen) atoms. The van der Waals surface area contributed by atoms with Gasteiger partial charge in [0.1, 0.15) is 0 Å². The van der Waals surface area contributed by atoms with Crippen molar-refractivity contribution in [3.63, 3.8) is 0 Å². The topological polar surface area (TPSA) is 32.8 Å². The van der Waals surface area contributed by atoms with Gasteiger partial charge in [0.05, 0.1) is 18.8 Å². The van der Waals surface area contributed by atoms with Crippen molar-refractivity contribution in [3.05, 3.63) is 23.8 Å². The molecule has 4 heteroatoms. The maximum Gasteiger partial charge on any atom is 0.320 e. The summed E-state index contributed by atoms with van der Waals surface area (Å²) in [6, 6.07) is 0.135. The van der Waals surface area contributed by atoms with E-state index in [-0.39, 0.29) is 11.6 Å². The first-order valence-corrected chi connectivity index (χ1v) is 6.91. The Hall–Kier alpha value is -1.29. The van der Waals surface area contributed by atoms with Crippen LogP contribution in [0.25, 0.3) is 0 Å². The highest BCUT2D eigenvalue weighted by atomic mass is 16.5. The number of urea groups is 1. The van der Waals surface area contributed by atoms with Gasteiger partial charge in [-0.05, 0) is 32.8 Å². The molecule has 0 aromatic rings. The van der Waals surface area contributed by atoms with E-state index in [1.54, 1.807) is 0 Å². The van der Waals surface area contributed by atoms with Crippen molar-refractivity contribution < 1.29 is 9.53 Å². The summed E-state index contributed by atoms with van der Waals surface area (Å²) in [5, 5.41) is 0. The van der Waals surface area contributed by atoms with Crippen LogP contribution in [0.1, 0.15) is 27.2 Å². The first-order chi connectivity index (χ1) is 8.95. The molecule has 106 valence electrons. The number of carbonyl (C=O) groups is 1. The average Bonchev–Trinajstić information content (AvgIpc) is 2.37. The van der Waals surface area contributed by atoms with E-state index in [0.717, 1.165) is 13.0 Å². The van der Waals surface area contributed by atoms with Gasteiger partial charge in [-0.2, -0.15) is 0 Å². The number of amides is 2. The van der Waals surface area contributed by atoms with E-state index in [9.17, 15) is 4.79 Å². The molecule has 0 radical (unpaired) electrons. The molecule has 0 spiro atoms. The lowest BCUT2D eigenvalue weighted by Crippen LogP contribution is -2.59. The van der Waals surface area contributed by atoms with E-state index in [1.165, 1.54) is 11.1 Å². The van der Waals surface area contributed by atoms with Crippen LogP contribution in [0.3, 0.4) is 0 Å². The third kappa shape index (κ3) is 2.84. The quantitative estimate of drug-likeness (QED) is 0.728. The van der Waals surface area contributed by atoms with Gasteiger partial charge in [0, 0.05) is 19.6 Å². The molecule has 0 aliphatic carbocycles. The number of nitrogens with zero attached hydrogens (tertiary/aromatic N) is 2. The minimum Gasteiger partial charge on any atom is -0.377 e. The highest BCUT2D eigenvalue weighted by Crippen LogP contribution is 2.24. The van der Waals surface area contributed by atoms with Crippen molar-refractivity contribution >= 4 is 6.03 Å². The highest BCUT2D eigenvalue weighted by molar-refractivity contribution is 5.76. The van der Waals surface area contributed by atoms with Gasteiger partial charge in [-0.15, -0.1) is 0 Å². The molecule has 0 atom stereocenters. The minimum atomic E-state index is -0.217. The summed E-state index contributed by atoms with van der Waals surface area (Å²) in [6.45, 7) is 13.5. The van der Waals surface area contributed by atoms with E-state index < -0.39 is 0 Å². The third-order valence-corrected chi connectivity index (χ3v) is 4.02. The van der Waals surface area contributed by atoms with Crippen molar-refractivity contribution in [2.75, 3.05) is 32.8 Å². The highest BCUT2D eigenvalue weighted by Gasteiger charge is 2.36. The van der Waals surface area contributed by atoms with Crippen LogP contribution in [0, 0.1) is 0 Å². The summed E-state index contributed by atoms with van der Waals surface area (Å²) >= 11 is 0. The number of morpholine rings is 1. The monoisotopic (exact) mass is 264 g/mol. The molecule has 0 aromatic heterocycles. The smallest absolute Gasteiger partial charge is 0.320 e. The van der Waals surface area contributed by atoms with Crippen LogP contribution in [0.15, 0.2) is 23.8 Å². The summed E-state index contributed by atoms with van der Waals surface area (Å²) in [4.78, 5) is 16.5. The lowest BCUT2D eigenvalue weighted by Gasteiger charge is -2.45. The Labute approximate surface area is 115 Å². The largest absolute Gasteiger partial charge is 0.377 e. The Kier molecular flexibility index (Phi) is 3.99. The molecule has 2 aliphatic heterocycles. The zero-order valence-corrected chi connectivity index (χ0v) is 12.2. The van der Waals surface area contributed by atoms with Crippen molar-refractivity contribution in [3.8, 4) is 0 Å². The summed E-state index contributed by atoms with van der Waals surface area (Å²) in [5.74, 6) is 0. The van der Waals surface area contributed by atoms with Crippen molar-refractivity contribution in [2.24, 2.45) is 0 Å². The van der Waals surface area contributed by atoms with Crippen LogP contribution in [0.5, 0.6) is 0 Å². The van der Waals surface area contributed by atoms with Gasteiger partial charge in [0.2, 0.25) is 0 Å².